The molecular formula is C6H12NO2P. The van der Waals surface area contributed by atoms with Crippen molar-refractivity contribution in [3.05, 3.63) is 0 Å². The van der Waals surface area contributed by atoms with E-state index >= 15 is 0 Å². The molecule has 1 N–H and O–H groups in total. The molecule has 10 heavy (non-hydrogen) atoms. The van der Waals surface area contributed by atoms with Crippen molar-refractivity contribution in [2.24, 2.45) is 0 Å². The second kappa shape index (κ2) is 2.95. The van der Waals surface area contributed by atoms with Gasteiger partial charge in [-0.15, -0.1) is 0 Å². The molecular weight excluding hydrogens is 149 g/mol. The molecule has 0 saturated carbocycles. The van der Waals surface area contributed by atoms with Gasteiger partial charge in [-0.05, 0) is 13.3 Å². The Morgan fingerprint density at radius 1 is 1.80 bits per heavy atom. The van der Waals surface area contributed by atoms with E-state index in [1.54, 1.807) is 6.92 Å². The smallest absolute Gasteiger partial charge is 0.147 e. The monoisotopic (exact) mass is 161 g/mol. The average Bonchev–Trinajstić information content (AvgIpc) is 2.10. The van der Waals surface area contributed by atoms with Crippen LogP contribution in [0.1, 0.15) is 13.3 Å². The molecule has 3 unspecified atom stereocenters. The number of carbonyl (C=O) groups is 1. The lowest BCUT2D eigenvalue weighted by Crippen LogP contribution is -2.26. The van der Waals surface area contributed by atoms with Gasteiger partial charge >= 0.3 is 0 Å². The number of ketones is 1. The van der Waals surface area contributed by atoms with E-state index in [0.29, 0.717) is 13.0 Å². The van der Waals surface area contributed by atoms with Crippen LogP contribution in [0, 0.1) is 0 Å². The van der Waals surface area contributed by atoms with E-state index in [1.807, 2.05) is 4.67 Å². The molecule has 4 heteroatoms. The van der Waals surface area contributed by atoms with E-state index in [2.05, 4.69) is 9.39 Å². The zero-order valence-electron chi connectivity index (χ0n) is 5.95. The molecule has 0 aliphatic carbocycles. The molecule has 1 aliphatic rings. The summed E-state index contributed by atoms with van der Waals surface area (Å²) in [5.41, 5.74) is 0. The number of hydrogen-bond acceptors (Lipinski definition) is 3. The highest BCUT2D eigenvalue weighted by atomic mass is 31.0. The fourth-order valence-electron chi connectivity index (χ4n) is 1.24. The van der Waals surface area contributed by atoms with Crippen LogP contribution in [0.2, 0.25) is 0 Å². The average molecular weight is 161 g/mol. The first-order valence-corrected chi connectivity index (χ1v) is 3.82. The number of carbonyl (C=O) groups excluding carboxylic acids is 1. The standard InChI is InChI=1S/C6H12NO2P/c1-4(8)6-2-5(9)3-7(6)10/h5-6,9H,2-3,10H2,1H3. The molecule has 3 nitrogen and oxygen atoms in total. The van der Waals surface area contributed by atoms with Crippen molar-refractivity contribution in [3.8, 4) is 0 Å². The van der Waals surface area contributed by atoms with Gasteiger partial charge in [0.05, 0.1) is 12.1 Å². The molecule has 1 fully saturated rings. The first-order valence-electron chi connectivity index (χ1n) is 3.31. The van der Waals surface area contributed by atoms with Crippen molar-refractivity contribution in [2.45, 2.75) is 25.5 Å². The van der Waals surface area contributed by atoms with Crippen molar-refractivity contribution < 1.29 is 9.90 Å². The van der Waals surface area contributed by atoms with E-state index in [9.17, 15) is 4.79 Å². The molecule has 1 saturated heterocycles. The van der Waals surface area contributed by atoms with E-state index < -0.39 is 0 Å². The zero-order chi connectivity index (χ0) is 7.72. The summed E-state index contributed by atoms with van der Waals surface area (Å²) in [5, 5.41) is 9.11. The zero-order valence-corrected chi connectivity index (χ0v) is 7.10. The molecule has 0 aromatic rings. The molecule has 0 bridgehead atoms. The van der Waals surface area contributed by atoms with Crippen molar-refractivity contribution in [1.29, 1.82) is 0 Å². The molecule has 58 valence electrons. The SMILES string of the molecule is CC(=O)C1CC(O)CN1P. The van der Waals surface area contributed by atoms with Crippen LogP contribution in [-0.4, -0.2) is 34.3 Å². The summed E-state index contributed by atoms with van der Waals surface area (Å²) in [6.45, 7) is 2.15. The third-order valence-electron chi connectivity index (χ3n) is 1.79. The van der Waals surface area contributed by atoms with Gasteiger partial charge in [0.2, 0.25) is 0 Å². The van der Waals surface area contributed by atoms with Crippen LogP contribution < -0.4 is 0 Å². The second-order valence-electron chi connectivity index (χ2n) is 2.71. The molecule has 1 heterocycles. The highest BCUT2D eigenvalue weighted by Gasteiger charge is 2.30. The summed E-state index contributed by atoms with van der Waals surface area (Å²) in [6.07, 6.45) is 0.255. The summed E-state index contributed by atoms with van der Waals surface area (Å²) in [5.74, 6) is 0.131. The second-order valence-corrected chi connectivity index (χ2v) is 3.38. The van der Waals surface area contributed by atoms with Gasteiger partial charge in [-0.1, -0.05) is 9.39 Å². The Hall–Kier alpha value is 0.0200. The Morgan fingerprint density at radius 3 is 2.60 bits per heavy atom. The van der Waals surface area contributed by atoms with E-state index in [-0.39, 0.29) is 17.9 Å². The van der Waals surface area contributed by atoms with Crippen LogP contribution in [0.5, 0.6) is 0 Å². The fourth-order valence-corrected chi connectivity index (χ4v) is 1.81. The number of aliphatic hydroxyl groups is 1. The Kier molecular flexibility index (Phi) is 2.40. The van der Waals surface area contributed by atoms with E-state index in [1.165, 1.54) is 0 Å². The predicted molar refractivity (Wildman–Crippen MR) is 41.5 cm³/mol. The maximum Gasteiger partial charge on any atom is 0.147 e. The number of hydrogen-bond donors (Lipinski definition) is 1. The van der Waals surface area contributed by atoms with Gasteiger partial charge in [0.15, 0.2) is 0 Å². The highest BCUT2D eigenvalue weighted by molar-refractivity contribution is 7.13. The number of rotatable bonds is 1. The Balaban J connectivity index is 2.54. The quantitative estimate of drug-likeness (QED) is 0.541. The van der Waals surface area contributed by atoms with Gasteiger partial charge in [0.25, 0.3) is 0 Å². The Morgan fingerprint density at radius 2 is 2.40 bits per heavy atom. The molecule has 0 radical (unpaired) electrons. The van der Waals surface area contributed by atoms with Crippen LogP contribution >= 0.6 is 9.39 Å². The lowest BCUT2D eigenvalue weighted by atomic mass is 10.1. The number of nitrogens with zero attached hydrogens (tertiary/aromatic N) is 1. The summed E-state index contributed by atoms with van der Waals surface area (Å²) >= 11 is 0. The normalized spacial score (nSPS) is 34.7. The largest absolute Gasteiger partial charge is 0.392 e. The molecule has 0 aromatic heterocycles. The van der Waals surface area contributed by atoms with Gasteiger partial charge in [0, 0.05) is 6.54 Å². The van der Waals surface area contributed by atoms with Crippen LogP contribution in [0.15, 0.2) is 0 Å². The fraction of sp³-hybridized carbons (Fsp3) is 0.833. The van der Waals surface area contributed by atoms with Crippen molar-refractivity contribution in [3.63, 3.8) is 0 Å². The van der Waals surface area contributed by atoms with Crippen LogP contribution in [0.4, 0.5) is 0 Å². The minimum atomic E-state index is -0.327. The van der Waals surface area contributed by atoms with Gasteiger partial charge in [-0.25, -0.2) is 0 Å². The minimum Gasteiger partial charge on any atom is -0.392 e. The third-order valence-corrected chi connectivity index (χ3v) is 2.36. The van der Waals surface area contributed by atoms with Crippen LogP contribution in [-0.2, 0) is 4.79 Å². The first-order chi connectivity index (χ1) is 4.61. The molecule has 1 aliphatic heterocycles. The third kappa shape index (κ3) is 1.54. The number of β-amino-alcohol motifs (C(OH)–C–C–N with tert-alkyl or cyclic N) is 1. The molecule has 1 rings (SSSR count). The lowest BCUT2D eigenvalue weighted by molar-refractivity contribution is -0.119. The maximum absolute atomic E-state index is 10.8. The maximum atomic E-state index is 10.8. The topological polar surface area (TPSA) is 40.5 Å². The van der Waals surface area contributed by atoms with Crippen LogP contribution in [0.25, 0.3) is 0 Å². The van der Waals surface area contributed by atoms with Crippen molar-refractivity contribution in [2.75, 3.05) is 6.54 Å². The summed E-state index contributed by atoms with van der Waals surface area (Å²) < 4.78 is 1.81. The Bertz CT molecular complexity index is 151. The predicted octanol–water partition coefficient (Wildman–Crippen LogP) is -0.199. The summed E-state index contributed by atoms with van der Waals surface area (Å²) in [7, 11) is 2.46. The number of aliphatic hydroxyl groups excluding tert-OH is 1. The lowest BCUT2D eigenvalue weighted by Gasteiger charge is -2.14. The Labute approximate surface area is 62.7 Å². The van der Waals surface area contributed by atoms with Gasteiger partial charge in [-0.3, -0.25) is 9.46 Å². The minimum absolute atomic E-state index is 0.0833. The van der Waals surface area contributed by atoms with Gasteiger partial charge < -0.3 is 5.11 Å². The van der Waals surface area contributed by atoms with Crippen molar-refractivity contribution >= 4 is 15.2 Å². The van der Waals surface area contributed by atoms with Crippen molar-refractivity contribution in [1.82, 2.24) is 4.67 Å². The van der Waals surface area contributed by atoms with E-state index in [0.717, 1.165) is 0 Å². The van der Waals surface area contributed by atoms with Crippen LogP contribution in [0.3, 0.4) is 0 Å². The molecule has 0 amide bonds. The van der Waals surface area contributed by atoms with E-state index in [4.69, 9.17) is 5.11 Å². The first kappa shape index (κ1) is 8.12. The highest BCUT2D eigenvalue weighted by Crippen LogP contribution is 2.21. The summed E-state index contributed by atoms with van der Waals surface area (Å²) in [4.78, 5) is 10.8. The molecule has 0 spiro atoms. The number of Topliss-reactive ketones (excluding diaryl/α,β-unsaturated/α-hetero) is 1. The van der Waals surface area contributed by atoms with Gasteiger partial charge in [0.1, 0.15) is 5.78 Å². The molecule has 0 aromatic carbocycles. The molecule has 3 atom stereocenters. The van der Waals surface area contributed by atoms with Gasteiger partial charge in [-0.2, -0.15) is 0 Å². The summed E-state index contributed by atoms with van der Waals surface area (Å²) in [6, 6.07) is -0.0833.